The molecule has 104 valence electrons. The second-order valence-corrected chi connectivity index (χ2v) is 4.30. The van der Waals surface area contributed by atoms with Crippen molar-refractivity contribution in [2.75, 3.05) is 20.0 Å². The number of nitrogens with two attached hydrogens (primary N) is 1. The highest BCUT2D eigenvalue weighted by atomic mass is 16.5. The lowest BCUT2D eigenvalue weighted by molar-refractivity contribution is 0.406. The SMILES string of the molecule is COc1cc(/N=N/c2ccc(C)cc2)c(OC)cc1N. The molecule has 0 aliphatic rings. The van der Waals surface area contributed by atoms with E-state index in [1.54, 1.807) is 26.4 Å². The molecule has 0 saturated carbocycles. The molecule has 0 spiro atoms. The summed E-state index contributed by atoms with van der Waals surface area (Å²) in [4.78, 5) is 0. The largest absolute Gasteiger partial charge is 0.495 e. The molecule has 0 fully saturated rings. The first-order valence-electron chi connectivity index (χ1n) is 6.14. The lowest BCUT2D eigenvalue weighted by Crippen LogP contribution is -1.93. The average Bonchev–Trinajstić information content (AvgIpc) is 2.47. The van der Waals surface area contributed by atoms with Gasteiger partial charge in [0.25, 0.3) is 0 Å². The molecule has 2 rings (SSSR count). The maximum atomic E-state index is 5.82. The van der Waals surface area contributed by atoms with E-state index in [0.29, 0.717) is 22.9 Å². The zero-order valence-electron chi connectivity index (χ0n) is 11.8. The lowest BCUT2D eigenvalue weighted by atomic mass is 10.2. The van der Waals surface area contributed by atoms with Crippen molar-refractivity contribution in [2.24, 2.45) is 10.2 Å². The molecule has 2 aromatic carbocycles. The molecule has 5 heteroatoms. The third-order valence-electron chi connectivity index (χ3n) is 2.84. The molecule has 0 bridgehead atoms. The number of nitrogens with zero attached hydrogens (tertiary/aromatic N) is 2. The number of methoxy groups -OCH3 is 2. The van der Waals surface area contributed by atoms with Gasteiger partial charge >= 0.3 is 0 Å². The molecule has 0 aromatic heterocycles. The molecule has 2 N–H and O–H groups in total. The summed E-state index contributed by atoms with van der Waals surface area (Å²) >= 11 is 0. The predicted octanol–water partition coefficient (Wildman–Crippen LogP) is 4.01. The lowest BCUT2D eigenvalue weighted by Gasteiger charge is -2.09. The summed E-state index contributed by atoms with van der Waals surface area (Å²) in [5, 5.41) is 8.37. The van der Waals surface area contributed by atoms with Crippen LogP contribution in [0.5, 0.6) is 11.5 Å². The van der Waals surface area contributed by atoms with Gasteiger partial charge in [0.15, 0.2) is 0 Å². The third kappa shape index (κ3) is 3.06. The van der Waals surface area contributed by atoms with Crippen molar-refractivity contribution < 1.29 is 9.47 Å². The summed E-state index contributed by atoms with van der Waals surface area (Å²) in [5.74, 6) is 1.10. The maximum absolute atomic E-state index is 5.82. The van der Waals surface area contributed by atoms with Crippen molar-refractivity contribution in [3.05, 3.63) is 42.0 Å². The fourth-order valence-corrected chi connectivity index (χ4v) is 1.71. The van der Waals surface area contributed by atoms with Crippen LogP contribution in [-0.4, -0.2) is 14.2 Å². The Bertz CT molecular complexity index is 622. The van der Waals surface area contributed by atoms with Gasteiger partial charge in [-0.25, -0.2) is 0 Å². The smallest absolute Gasteiger partial charge is 0.148 e. The van der Waals surface area contributed by atoms with Crippen LogP contribution in [0.1, 0.15) is 5.56 Å². The number of azo groups is 1. The second kappa shape index (κ2) is 6.06. The van der Waals surface area contributed by atoms with E-state index in [9.17, 15) is 0 Å². The molecule has 0 unspecified atom stereocenters. The van der Waals surface area contributed by atoms with E-state index in [4.69, 9.17) is 15.2 Å². The average molecular weight is 271 g/mol. The summed E-state index contributed by atoms with van der Waals surface area (Å²) in [6, 6.07) is 11.1. The number of benzene rings is 2. The fourth-order valence-electron chi connectivity index (χ4n) is 1.71. The Hall–Kier alpha value is -2.56. The maximum Gasteiger partial charge on any atom is 0.148 e. The van der Waals surface area contributed by atoms with Gasteiger partial charge in [0.05, 0.1) is 25.6 Å². The number of nitrogen functional groups attached to an aromatic ring is 1. The number of rotatable bonds is 4. The molecular formula is C15H17N3O2. The molecule has 20 heavy (non-hydrogen) atoms. The molecule has 0 heterocycles. The Labute approximate surface area is 118 Å². The molecule has 5 nitrogen and oxygen atoms in total. The number of hydrogen-bond donors (Lipinski definition) is 1. The van der Waals surface area contributed by atoms with Crippen LogP contribution < -0.4 is 15.2 Å². The van der Waals surface area contributed by atoms with Gasteiger partial charge in [-0.15, -0.1) is 5.11 Å². The van der Waals surface area contributed by atoms with E-state index >= 15 is 0 Å². The van der Waals surface area contributed by atoms with E-state index in [0.717, 1.165) is 5.69 Å². The Morgan fingerprint density at radius 1 is 0.900 bits per heavy atom. The molecule has 2 aromatic rings. The highest BCUT2D eigenvalue weighted by molar-refractivity contribution is 5.66. The van der Waals surface area contributed by atoms with Crippen LogP contribution >= 0.6 is 0 Å². The second-order valence-electron chi connectivity index (χ2n) is 4.30. The minimum Gasteiger partial charge on any atom is -0.495 e. The van der Waals surface area contributed by atoms with Gasteiger partial charge in [0, 0.05) is 12.1 Å². The van der Waals surface area contributed by atoms with Gasteiger partial charge in [-0.3, -0.25) is 0 Å². The first-order chi connectivity index (χ1) is 9.63. The van der Waals surface area contributed by atoms with Gasteiger partial charge in [-0.2, -0.15) is 5.11 Å². The summed E-state index contributed by atoms with van der Waals surface area (Å²) in [5.41, 5.74) is 8.84. The van der Waals surface area contributed by atoms with Gasteiger partial charge in [-0.05, 0) is 19.1 Å². The van der Waals surface area contributed by atoms with Crippen molar-refractivity contribution in [3.63, 3.8) is 0 Å². The summed E-state index contributed by atoms with van der Waals surface area (Å²) in [6.07, 6.45) is 0. The van der Waals surface area contributed by atoms with E-state index < -0.39 is 0 Å². The van der Waals surface area contributed by atoms with Crippen LogP contribution in [0.2, 0.25) is 0 Å². The van der Waals surface area contributed by atoms with Crippen LogP contribution in [-0.2, 0) is 0 Å². The van der Waals surface area contributed by atoms with Crippen LogP contribution in [0.4, 0.5) is 17.1 Å². The van der Waals surface area contributed by atoms with Crippen LogP contribution in [0.3, 0.4) is 0 Å². The van der Waals surface area contributed by atoms with E-state index in [-0.39, 0.29) is 0 Å². The van der Waals surface area contributed by atoms with Gasteiger partial charge in [0.2, 0.25) is 0 Å². The van der Waals surface area contributed by atoms with Gasteiger partial charge < -0.3 is 15.2 Å². The van der Waals surface area contributed by atoms with Gasteiger partial charge in [0.1, 0.15) is 17.2 Å². The summed E-state index contributed by atoms with van der Waals surface area (Å²) in [7, 11) is 3.12. The van der Waals surface area contributed by atoms with E-state index in [1.165, 1.54) is 5.56 Å². The first-order valence-corrected chi connectivity index (χ1v) is 6.14. The van der Waals surface area contributed by atoms with E-state index in [2.05, 4.69) is 10.2 Å². The van der Waals surface area contributed by atoms with Crippen molar-refractivity contribution in [3.8, 4) is 11.5 Å². The third-order valence-corrected chi connectivity index (χ3v) is 2.84. The highest BCUT2D eigenvalue weighted by Gasteiger charge is 2.08. The Balaban J connectivity index is 2.34. The van der Waals surface area contributed by atoms with E-state index in [1.807, 2.05) is 31.2 Å². The normalized spacial score (nSPS) is 10.8. The fraction of sp³-hybridized carbons (Fsp3) is 0.200. The number of hydrogen-bond acceptors (Lipinski definition) is 5. The minimum atomic E-state index is 0.499. The van der Waals surface area contributed by atoms with Crippen molar-refractivity contribution in [1.82, 2.24) is 0 Å². The molecule has 0 aliphatic heterocycles. The summed E-state index contributed by atoms with van der Waals surface area (Å²) < 4.78 is 10.4. The molecule has 0 amide bonds. The van der Waals surface area contributed by atoms with Crippen molar-refractivity contribution in [1.29, 1.82) is 0 Å². The monoisotopic (exact) mass is 271 g/mol. The molecule has 0 aliphatic carbocycles. The number of ether oxygens (including phenoxy) is 2. The van der Waals surface area contributed by atoms with Crippen molar-refractivity contribution >= 4 is 17.1 Å². The summed E-state index contributed by atoms with van der Waals surface area (Å²) in [6.45, 7) is 2.02. The topological polar surface area (TPSA) is 69.2 Å². The number of aryl methyl sites for hydroxylation is 1. The molecular weight excluding hydrogens is 254 g/mol. The van der Waals surface area contributed by atoms with Crippen molar-refractivity contribution in [2.45, 2.75) is 6.92 Å². The van der Waals surface area contributed by atoms with Gasteiger partial charge in [-0.1, -0.05) is 17.7 Å². The Morgan fingerprint density at radius 3 is 2.15 bits per heavy atom. The zero-order chi connectivity index (χ0) is 14.5. The van der Waals surface area contributed by atoms with Crippen LogP contribution in [0.15, 0.2) is 46.6 Å². The molecule has 0 saturated heterocycles. The predicted molar refractivity (Wildman–Crippen MR) is 79.3 cm³/mol. The number of anilines is 1. The molecule has 0 radical (unpaired) electrons. The standard InChI is InChI=1S/C15H17N3O2/c1-10-4-6-11(7-5-10)17-18-13-9-14(19-2)12(16)8-15(13)20-3/h4-9H,16H2,1-3H3/b18-17+. The van der Waals surface area contributed by atoms with Crippen LogP contribution in [0, 0.1) is 6.92 Å². The quantitative estimate of drug-likeness (QED) is 0.674. The van der Waals surface area contributed by atoms with Crippen LogP contribution in [0.25, 0.3) is 0 Å². The first kappa shape index (κ1) is 13.9. The Morgan fingerprint density at radius 2 is 1.55 bits per heavy atom. The Kier molecular flexibility index (Phi) is 4.20. The highest BCUT2D eigenvalue weighted by Crippen LogP contribution is 2.37. The zero-order valence-corrected chi connectivity index (χ0v) is 11.8. The minimum absolute atomic E-state index is 0.499. The molecule has 0 atom stereocenters.